The van der Waals surface area contributed by atoms with Crippen molar-refractivity contribution in [3.8, 4) is 5.75 Å². The molecule has 0 bridgehead atoms. The van der Waals surface area contributed by atoms with Gasteiger partial charge in [-0.25, -0.2) is 0 Å². The molecule has 0 aliphatic heterocycles. The first-order valence-corrected chi connectivity index (χ1v) is 9.19. The van der Waals surface area contributed by atoms with Gasteiger partial charge in [-0.1, -0.05) is 18.2 Å². The van der Waals surface area contributed by atoms with E-state index in [1.807, 2.05) is 19.1 Å². The molecule has 1 aliphatic carbocycles. The lowest BCUT2D eigenvalue weighted by molar-refractivity contribution is -0.122. The molecule has 3 N–H and O–H groups in total. The second-order valence-corrected chi connectivity index (χ2v) is 6.62. The van der Waals surface area contributed by atoms with Crippen LogP contribution < -0.4 is 20.7 Å². The highest BCUT2D eigenvalue weighted by molar-refractivity contribution is 6.04. The summed E-state index contributed by atoms with van der Waals surface area (Å²) in [5, 5.41) is 8.32. The Kier molecular flexibility index (Phi) is 5.93. The number of ether oxygens (including phenoxy) is 1. The summed E-state index contributed by atoms with van der Waals surface area (Å²) in [6.45, 7) is 3.79. The molecule has 0 spiro atoms. The number of benzene rings is 2. The fraction of sp³-hybridized carbons (Fsp3) is 0.286. The molecule has 0 saturated heterocycles. The Morgan fingerprint density at radius 1 is 0.929 bits per heavy atom. The van der Waals surface area contributed by atoms with Gasteiger partial charge in [-0.05, 0) is 43.7 Å². The first-order valence-electron chi connectivity index (χ1n) is 9.19. The van der Waals surface area contributed by atoms with E-state index in [4.69, 9.17) is 4.74 Å². The molecule has 0 radical (unpaired) electrons. The van der Waals surface area contributed by atoms with Crippen molar-refractivity contribution in [3.05, 3.63) is 48.5 Å². The van der Waals surface area contributed by atoms with Crippen molar-refractivity contribution >= 4 is 34.8 Å². The minimum atomic E-state index is -0.372. The van der Waals surface area contributed by atoms with Gasteiger partial charge >= 0.3 is 0 Å². The molecule has 1 fully saturated rings. The maximum atomic E-state index is 12.5. The van der Waals surface area contributed by atoms with Crippen LogP contribution in [-0.4, -0.2) is 24.3 Å². The molecular weight excluding hydrogens is 358 g/mol. The van der Waals surface area contributed by atoms with Crippen LogP contribution in [0.5, 0.6) is 5.75 Å². The molecule has 7 heteroatoms. The summed E-state index contributed by atoms with van der Waals surface area (Å²) in [5.74, 6) is -0.723. The van der Waals surface area contributed by atoms with Gasteiger partial charge < -0.3 is 20.7 Å². The van der Waals surface area contributed by atoms with Gasteiger partial charge in [-0.2, -0.15) is 0 Å². The van der Waals surface area contributed by atoms with Gasteiger partial charge in [0.2, 0.25) is 17.7 Å². The number of carbonyl (C=O) groups excluding carboxylic acids is 3. The third-order valence-electron chi connectivity index (χ3n) is 4.36. The van der Waals surface area contributed by atoms with Crippen LogP contribution in [0, 0.1) is 11.8 Å². The summed E-state index contributed by atoms with van der Waals surface area (Å²) in [7, 11) is 0. The van der Waals surface area contributed by atoms with E-state index in [0.29, 0.717) is 35.8 Å². The smallest absolute Gasteiger partial charge is 0.228 e. The van der Waals surface area contributed by atoms with Crippen molar-refractivity contribution in [2.45, 2.75) is 20.3 Å². The molecule has 2 unspecified atom stereocenters. The third-order valence-corrected chi connectivity index (χ3v) is 4.36. The summed E-state index contributed by atoms with van der Waals surface area (Å²) in [4.78, 5) is 36.1. The molecule has 1 saturated carbocycles. The SMILES string of the molecule is CCOc1ccccc1NC(=O)C1CC1C(=O)Nc1cccc(NC(C)=O)c1. The largest absolute Gasteiger partial charge is 0.492 e. The average Bonchev–Trinajstić information content (AvgIpc) is 3.44. The van der Waals surface area contributed by atoms with Gasteiger partial charge in [0.05, 0.1) is 24.1 Å². The fourth-order valence-electron chi connectivity index (χ4n) is 2.96. The molecule has 0 aromatic heterocycles. The Balaban J connectivity index is 1.57. The lowest BCUT2D eigenvalue weighted by atomic mass is 10.2. The van der Waals surface area contributed by atoms with Crippen molar-refractivity contribution in [2.24, 2.45) is 11.8 Å². The Morgan fingerprint density at radius 3 is 2.25 bits per heavy atom. The number of para-hydroxylation sites is 2. The maximum Gasteiger partial charge on any atom is 0.228 e. The van der Waals surface area contributed by atoms with Crippen LogP contribution in [0.4, 0.5) is 17.1 Å². The fourth-order valence-corrected chi connectivity index (χ4v) is 2.96. The molecule has 1 aliphatic rings. The highest BCUT2D eigenvalue weighted by Gasteiger charge is 2.48. The Hall–Kier alpha value is -3.35. The average molecular weight is 381 g/mol. The molecule has 2 atom stereocenters. The van der Waals surface area contributed by atoms with Crippen LogP contribution >= 0.6 is 0 Å². The van der Waals surface area contributed by atoms with Crippen LogP contribution in [0.1, 0.15) is 20.3 Å². The van der Waals surface area contributed by atoms with E-state index in [2.05, 4.69) is 16.0 Å². The summed E-state index contributed by atoms with van der Waals surface area (Å²) in [5.41, 5.74) is 1.77. The molecule has 3 rings (SSSR count). The molecule has 7 nitrogen and oxygen atoms in total. The maximum absolute atomic E-state index is 12.5. The van der Waals surface area contributed by atoms with E-state index >= 15 is 0 Å². The van der Waals surface area contributed by atoms with Gasteiger partial charge in [0.25, 0.3) is 0 Å². The second-order valence-electron chi connectivity index (χ2n) is 6.62. The first-order chi connectivity index (χ1) is 13.5. The lowest BCUT2D eigenvalue weighted by Gasteiger charge is -2.11. The zero-order valence-electron chi connectivity index (χ0n) is 15.8. The predicted octanol–water partition coefficient (Wildman–Crippen LogP) is 3.26. The number of anilines is 3. The van der Waals surface area contributed by atoms with Gasteiger partial charge in [0, 0.05) is 18.3 Å². The lowest BCUT2D eigenvalue weighted by Crippen LogP contribution is -2.21. The zero-order chi connectivity index (χ0) is 20.1. The minimum Gasteiger partial charge on any atom is -0.492 e. The van der Waals surface area contributed by atoms with Crippen LogP contribution in [0.2, 0.25) is 0 Å². The van der Waals surface area contributed by atoms with E-state index in [1.165, 1.54) is 6.92 Å². The quantitative estimate of drug-likeness (QED) is 0.686. The predicted molar refractivity (Wildman–Crippen MR) is 107 cm³/mol. The highest BCUT2D eigenvalue weighted by atomic mass is 16.5. The Bertz CT molecular complexity index is 897. The van der Waals surface area contributed by atoms with E-state index in [-0.39, 0.29) is 29.6 Å². The second kappa shape index (κ2) is 8.56. The van der Waals surface area contributed by atoms with Crippen LogP contribution in [0.25, 0.3) is 0 Å². The summed E-state index contributed by atoms with van der Waals surface area (Å²) in [6, 6.07) is 14.1. The normalized spacial score (nSPS) is 17.4. The molecule has 2 aromatic carbocycles. The zero-order valence-corrected chi connectivity index (χ0v) is 15.8. The molecule has 3 amide bonds. The van der Waals surface area contributed by atoms with Crippen LogP contribution in [0.3, 0.4) is 0 Å². The van der Waals surface area contributed by atoms with Crippen molar-refractivity contribution < 1.29 is 19.1 Å². The number of rotatable bonds is 7. The first kappa shape index (κ1) is 19.4. The number of carbonyl (C=O) groups is 3. The summed E-state index contributed by atoms with van der Waals surface area (Å²) in [6.07, 6.45) is 0.500. The van der Waals surface area contributed by atoms with E-state index in [9.17, 15) is 14.4 Å². The number of amides is 3. The molecular formula is C21H23N3O4. The van der Waals surface area contributed by atoms with Gasteiger partial charge in [0.1, 0.15) is 5.75 Å². The van der Waals surface area contributed by atoms with Crippen LogP contribution in [-0.2, 0) is 14.4 Å². The highest BCUT2D eigenvalue weighted by Crippen LogP contribution is 2.41. The minimum absolute atomic E-state index is 0.185. The molecule has 2 aromatic rings. The standard InChI is InChI=1S/C21H23N3O4/c1-3-28-19-10-5-4-9-18(19)24-21(27)17-12-16(17)20(26)23-15-8-6-7-14(11-15)22-13(2)25/h4-11,16-17H,3,12H2,1-2H3,(H,22,25)(H,23,26)(H,24,27). The molecule has 0 heterocycles. The molecule has 146 valence electrons. The molecule has 28 heavy (non-hydrogen) atoms. The van der Waals surface area contributed by atoms with E-state index < -0.39 is 0 Å². The monoisotopic (exact) mass is 381 g/mol. The Morgan fingerprint density at radius 2 is 1.57 bits per heavy atom. The summed E-state index contributed by atoms with van der Waals surface area (Å²) < 4.78 is 5.51. The topological polar surface area (TPSA) is 96.5 Å². The van der Waals surface area contributed by atoms with E-state index in [1.54, 1.807) is 36.4 Å². The van der Waals surface area contributed by atoms with Gasteiger partial charge in [-0.15, -0.1) is 0 Å². The Labute approximate surface area is 163 Å². The van der Waals surface area contributed by atoms with E-state index in [0.717, 1.165) is 0 Å². The van der Waals surface area contributed by atoms with Crippen molar-refractivity contribution in [1.29, 1.82) is 0 Å². The number of hydrogen-bond acceptors (Lipinski definition) is 4. The van der Waals surface area contributed by atoms with Crippen molar-refractivity contribution in [2.75, 3.05) is 22.6 Å². The van der Waals surface area contributed by atoms with Gasteiger partial charge in [0.15, 0.2) is 0 Å². The van der Waals surface area contributed by atoms with Gasteiger partial charge in [-0.3, -0.25) is 14.4 Å². The van der Waals surface area contributed by atoms with Crippen molar-refractivity contribution in [1.82, 2.24) is 0 Å². The van der Waals surface area contributed by atoms with Crippen LogP contribution in [0.15, 0.2) is 48.5 Å². The number of hydrogen-bond donors (Lipinski definition) is 3. The van der Waals surface area contributed by atoms with Crippen molar-refractivity contribution in [3.63, 3.8) is 0 Å². The summed E-state index contributed by atoms with van der Waals surface area (Å²) >= 11 is 0. The number of nitrogens with one attached hydrogen (secondary N) is 3. The third kappa shape index (κ3) is 4.88.